The maximum absolute atomic E-state index is 13.1. The fourth-order valence-electron chi connectivity index (χ4n) is 3.11. The molecule has 0 unspecified atom stereocenters. The smallest absolute Gasteiger partial charge is 0.264 e. The van der Waals surface area contributed by atoms with Gasteiger partial charge < -0.3 is 19.5 Å². The Labute approximate surface area is 214 Å². The summed E-state index contributed by atoms with van der Waals surface area (Å²) in [5.41, 5.74) is 2.34. The van der Waals surface area contributed by atoms with Crippen molar-refractivity contribution in [2.45, 2.75) is 6.61 Å². The molecule has 3 aromatic rings. The van der Waals surface area contributed by atoms with Gasteiger partial charge in [0.1, 0.15) is 18.2 Å². The largest absolute Gasteiger partial charge is 0.497 e. The zero-order chi connectivity index (χ0) is 24.1. The minimum Gasteiger partial charge on any atom is -0.497 e. The molecule has 3 aromatic carbocycles. The molecule has 4 rings (SSSR count). The normalized spacial score (nSPS) is 15.5. The van der Waals surface area contributed by atoms with E-state index in [-0.39, 0.29) is 18.3 Å². The van der Waals surface area contributed by atoms with Gasteiger partial charge in [-0.2, -0.15) is 0 Å². The van der Waals surface area contributed by atoms with Crippen molar-refractivity contribution in [3.63, 3.8) is 0 Å². The second kappa shape index (κ2) is 10.9. The number of thioether (sulfide) groups is 1. The van der Waals surface area contributed by atoms with E-state index in [9.17, 15) is 9.18 Å². The average Bonchev–Trinajstić information content (AvgIpc) is 3.17. The summed E-state index contributed by atoms with van der Waals surface area (Å²) >= 11 is 3.43. The number of carbonyl (C=O) groups is 1. The molecule has 1 N–H and O–H groups in total. The summed E-state index contributed by atoms with van der Waals surface area (Å²) in [6.45, 7) is 0.274. The molecule has 6 nitrogen and oxygen atoms in total. The van der Waals surface area contributed by atoms with Crippen LogP contribution in [0.4, 0.5) is 10.1 Å². The summed E-state index contributed by atoms with van der Waals surface area (Å²) in [7, 11) is 3.16. The van der Waals surface area contributed by atoms with Crippen LogP contribution in [-0.4, -0.2) is 25.3 Å². The Hall–Kier alpha value is -3.05. The van der Waals surface area contributed by atoms with Gasteiger partial charge in [0.05, 0.1) is 28.4 Å². The van der Waals surface area contributed by atoms with Crippen LogP contribution >= 0.6 is 34.4 Å². The van der Waals surface area contributed by atoms with E-state index < -0.39 is 0 Å². The number of amides is 1. The van der Waals surface area contributed by atoms with E-state index >= 15 is 0 Å². The predicted molar refractivity (Wildman–Crippen MR) is 140 cm³/mol. The Kier molecular flexibility index (Phi) is 7.73. The van der Waals surface area contributed by atoms with E-state index in [4.69, 9.17) is 14.2 Å². The van der Waals surface area contributed by atoms with Crippen LogP contribution in [0.1, 0.15) is 11.1 Å². The van der Waals surface area contributed by atoms with Crippen LogP contribution in [0.15, 0.2) is 70.6 Å². The molecule has 0 atom stereocenters. The van der Waals surface area contributed by atoms with E-state index in [1.54, 1.807) is 32.4 Å². The number of aliphatic imine (C=N–C) groups is 1. The van der Waals surface area contributed by atoms with Gasteiger partial charge in [-0.3, -0.25) is 4.79 Å². The van der Waals surface area contributed by atoms with Crippen molar-refractivity contribution in [3.05, 3.63) is 86.1 Å². The summed E-state index contributed by atoms with van der Waals surface area (Å²) in [5.74, 6) is 1.35. The Morgan fingerprint density at radius 3 is 2.47 bits per heavy atom. The molecule has 1 heterocycles. The molecule has 174 valence electrons. The number of halogens is 2. The molecule has 1 amide bonds. The van der Waals surface area contributed by atoms with Crippen LogP contribution < -0.4 is 19.5 Å². The van der Waals surface area contributed by atoms with Crippen molar-refractivity contribution in [3.8, 4) is 17.2 Å². The number of nitrogens with one attached hydrogen (secondary N) is 1. The maximum Gasteiger partial charge on any atom is 0.264 e. The van der Waals surface area contributed by atoms with Crippen LogP contribution in [0, 0.1) is 9.39 Å². The Balaban J connectivity index is 1.51. The van der Waals surface area contributed by atoms with Crippen molar-refractivity contribution in [1.29, 1.82) is 0 Å². The van der Waals surface area contributed by atoms with E-state index in [0.29, 0.717) is 27.3 Å². The average molecular weight is 590 g/mol. The summed E-state index contributed by atoms with van der Waals surface area (Å²) in [6.07, 6.45) is 1.78. The highest BCUT2D eigenvalue weighted by Gasteiger charge is 2.24. The van der Waals surface area contributed by atoms with Crippen molar-refractivity contribution in [2.75, 3.05) is 14.2 Å². The van der Waals surface area contributed by atoms with E-state index in [1.165, 1.54) is 23.9 Å². The van der Waals surface area contributed by atoms with Gasteiger partial charge >= 0.3 is 0 Å². The van der Waals surface area contributed by atoms with Gasteiger partial charge in [-0.1, -0.05) is 12.1 Å². The lowest BCUT2D eigenvalue weighted by atomic mass is 10.2. The van der Waals surface area contributed by atoms with Gasteiger partial charge in [0, 0.05) is 0 Å². The standard InChI is InChI=1S/C25H20FIN2O4S/c1-31-19-9-7-18(8-10-19)28-25-29-24(30)22(34-25)13-16-11-20(27)23(21(12-16)32-2)33-14-15-3-5-17(26)6-4-15/h3-13H,14H2,1-2H3,(H,28,29,30)/b22-13+. The molecule has 34 heavy (non-hydrogen) atoms. The number of amidine groups is 1. The lowest BCUT2D eigenvalue weighted by molar-refractivity contribution is -0.115. The molecular formula is C25H20FIN2O4S. The van der Waals surface area contributed by atoms with Gasteiger partial charge in [0.15, 0.2) is 16.7 Å². The van der Waals surface area contributed by atoms with Crippen LogP contribution in [-0.2, 0) is 11.4 Å². The number of rotatable bonds is 7. The second-order valence-electron chi connectivity index (χ2n) is 7.13. The highest BCUT2D eigenvalue weighted by Crippen LogP contribution is 2.36. The first-order chi connectivity index (χ1) is 16.4. The fourth-order valence-corrected chi connectivity index (χ4v) is 4.73. The molecule has 0 aromatic heterocycles. The number of methoxy groups -OCH3 is 2. The van der Waals surface area contributed by atoms with Gasteiger partial charge in [-0.25, -0.2) is 9.38 Å². The highest BCUT2D eigenvalue weighted by atomic mass is 127. The van der Waals surface area contributed by atoms with Gasteiger partial charge in [-0.15, -0.1) is 0 Å². The fraction of sp³-hybridized carbons (Fsp3) is 0.120. The SMILES string of the molecule is COc1ccc(N=C2NC(=O)/C(=C\c3cc(I)c(OCc4ccc(F)cc4)c(OC)c3)S2)cc1. The Morgan fingerprint density at radius 2 is 1.79 bits per heavy atom. The van der Waals surface area contributed by atoms with E-state index in [2.05, 4.69) is 32.9 Å². The molecule has 0 radical (unpaired) electrons. The quantitative estimate of drug-likeness (QED) is 0.274. The topological polar surface area (TPSA) is 69.2 Å². The van der Waals surface area contributed by atoms with E-state index in [0.717, 1.165) is 20.4 Å². The lowest BCUT2D eigenvalue weighted by Crippen LogP contribution is -2.19. The number of benzene rings is 3. The summed E-state index contributed by atoms with van der Waals surface area (Å²) in [6, 6.07) is 17.1. The first-order valence-corrected chi connectivity index (χ1v) is 12.0. The van der Waals surface area contributed by atoms with Crippen LogP contribution in [0.5, 0.6) is 17.2 Å². The maximum atomic E-state index is 13.1. The van der Waals surface area contributed by atoms with Crippen molar-refractivity contribution in [2.24, 2.45) is 4.99 Å². The first kappa shape index (κ1) is 24.1. The minimum atomic E-state index is -0.292. The van der Waals surface area contributed by atoms with Gasteiger partial charge in [-0.05, 0) is 100 Å². The zero-order valence-electron chi connectivity index (χ0n) is 18.3. The summed E-state index contributed by atoms with van der Waals surface area (Å²) < 4.78 is 30.6. The number of ether oxygens (including phenoxy) is 3. The molecular weight excluding hydrogens is 570 g/mol. The summed E-state index contributed by atoms with van der Waals surface area (Å²) in [5, 5.41) is 3.29. The van der Waals surface area contributed by atoms with Crippen LogP contribution in [0.2, 0.25) is 0 Å². The molecule has 9 heteroatoms. The predicted octanol–water partition coefficient (Wildman–Crippen LogP) is 5.92. The Bertz CT molecular complexity index is 1260. The lowest BCUT2D eigenvalue weighted by Gasteiger charge is -2.14. The van der Waals surface area contributed by atoms with Crippen molar-refractivity contribution < 1.29 is 23.4 Å². The third kappa shape index (κ3) is 5.89. The molecule has 1 aliphatic rings. The highest BCUT2D eigenvalue weighted by molar-refractivity contribution is 14.1. The van der Waals surface area contributed by atoms with Gasteiger partial charge in [0.25, 0.3) is 5.91 Å². The monoisotopic (exact) mass is 590 g/mol. The summed E-state index contributed by atoms with van der Waals surface area (Å²) in [4.78, 5) is 17.5. The Morgan fingerprint density at radius 1 is 1.06 bits per heavy atom. The first-order valence-electron chi connectivity index (χ1n) is 10.1. The molecule has 0 saturated carbocycles. The minimum absolute atomic E-state index is 0.220. The van der Waals surface area contributed by atoms with Crippen molar-refractivity contribution in [1.82, 2.24) is 5.32 Å². The second-order valence-corrected chi connectivity index (χ2v) is 9.32. The number of hydrogen-bond acceptors (Lipinski definition) is 6. The molecule has 1 saturated heterocycles. The third-order valence-electron chi connectivity index (χ3n) is 4.80. The molecule has 0 spiro atoms. The molecule has 0 aliphatic carbocycles. The molecule has 1 aliphatic heterocycles. The van der Waals surface area contributed by atoms with E-state index in [1.807, 2.05) is 36.4 Å². The van der Waals surface area contributed by atoms with Crippen molar-refractivity contribution >= 4 is 57.2 Å². The molecule has 1 fully saturated rings. The van der Waals surface area contributed by atoms with Crippen LogP contribution in [0.25, 0.3) is 6.08 Å². The van der Waals surface area contributed by atoms with Gasteiger partial charge in [0.2, 0.25) is 0 Å². The zero-order valence-corrected chi connectivity index (χ0v) is 21.3. The van der Waals surface area contributed by atoms with Crippen LogP contribution in [0.3, 0.4) is 0 Å². The number of nitrogens with zero attached hydrogens (tertiary/aromatic N) is 1. The third-order valence-corrected chi connectivity index (χ3v) is 6.51. The number of carbonyl (C=O) groups excluding carboxylic acids is 1. The molecule has 0 bridgehead atoms. The number of hydrogen-bond donors (Lipinski definition) is 1.